The van der Waals surface area contributed by atoms with Gasteiger partial charge in [-0.05, 0) is 32.6 Å². The first-order valence-electron chi connectivity index (χ1n) is 8.59. The van der Waals surface area contributed by atoms with Gasteiger partial charge in [-0.1, -0.05) is 12.2 Å². The normalized spacial score (nSPS) is 27.7. The molecule has 23 heavy (non-hydrogen) atoms. The first-order valence-corrected chi connectivity index (χ1v) is 8.59. The van der Waals surface area contributed by atoms with Gasteiger partial charge in [0.2, 0.25) is 0 Å². The maximum absolute atomic E-state index is 5.74. The van der Waals surface area contributed by atoms with E-state index in [1.807, 2.05) is 0 Å². The van der Waals surface area contributed by atoms with Crippen molar-refractivity contribution in [1.82, 2.24) is 14.6 Å². The Balaban J connectivity index is 1.61. The number of morpholine rings is 1. The fraction of sp³-hybridized carbons (Fsp3) is 0.556. The minimum atomic E-state index is 0.481. The van der Waals surface area contributed by atoms with E-state index in [1.54, 1.807) is 0 Å². The third-order valence-electron chi connectivity index (χ3n) is 5.55. The Morgan fingerprint density at radius 2 is 1.91 bits per heavy atom. The average Bonchev–Trinajstić information content (AvgIpc) is 3.01. The second kappa shape index (κ2) is 4.81. The molecule has 1 saturated carbocycles. The van der Waals surface area contributed by atoms with Gasteiger partial charge in [-0.2, -0.15) is 9.61 Å². The van der Waals surface area contributed by atoms with Crippen LogP contribution in [0.25, 0.3) is 5.65 Å². The van der Waals surface area contributed by atoms with Gasteiger partial charge in [0.25, 0.3) is 0 Å². The summed E-state index contributed by atoms with van der Waals surface area (Å²) in [5.41, 5.74) is 4.53. The summed E-state index contributed by atoms with van der Waals surface area (Å²) in [6, 6.07) is 5.31. The van der Waals surface area contributed by atoms with Crippen molar-refractivity contribution in [1.29, 1.82) is 0 Å². The number of hydrogen-bond acceptors (Lipinski definition) is 4. The lowest BCUT2D eigenvalue weighted by molar-refractivity contribution is 0.0899. The summed E-state index contributed by atoms with van der Waals surface area (Å²) in [5.74, 6) is 1.71. The molecule has 0 aromatic carbocycles. The summed E-state index contributed by atoms with van der Waals surface area (Å²) in [5, 5.41) is 4.91. The molecule has 5 rings (SSSR count). The van der Waals surface area contributed by atoms with E-state index < -0.39 is 0 Å². The molecular weight excluding hydrogens is 288 g/mol. The zero-order chi connectivity index (χ0) is 15.6. The molecule has 2 saturated heterocycles. The number of fused-ring (bicyclic) bond motifs is 3. The highest BCUT2D eigenvalue weighted by Crippen LogP contribution is 2.40. The largest absolute Gasteiger partial charge is 0.377 e. The van der Waals surface area contributed by atoms with Crippen molar-refractivity contribution >= 4 is 11.5 Å². The molecule has 3 fully saturated rings. The van der Waals surface area contributed by atoms with Gasteiger partial charge in [0.1, 0.15) is 5.82 Å². The summed E-state index contributed by atoms with van der Waals surface area (Å²) in [6.45, 7) is 7.78. The summed E-state index contributed by atoms with van der Waals surface area (Å²) >= 11 is 0. The Morgan fingerprint density at radius 1 is 1.17 bits per heavy atom. The molecular formula is C18H22N4O. The fourth-order valence-electron chi connectivity index (χ4n) is 4.33. The first-order chi connectivity index (χ1) is 11.2. The van der Waals surface area contributed by atoms with E-state index in [9.17, 15) is 0 Å². The Hall–Kier alpha value is -1.88. The minimum Gasteiger partial charge on any atom is -0.377 e. The third kappa shape index (κ3) is 2.02. The summed E-state index contributed by atoms with van der Waals surface area (Å²) in [7, 11) is 0. The van der Waals surface area contributed by atoms with Crippen LogP contribution >= 0.6 is 0 Å². The number of hydrogen-bond donors (Lipinski definition) is 0. The molecule has 2 bridgehead atoms. The highest BCUT2D eigenvalue weighted by Gasteiger charge is 2.39. The zero-order valence-electron chi connectivity index (χ0n) is 13.5. The number of ether oxygens (including phenoxy) is 1. The Bertz CT molecular complexity index is 772. The summed E-state index contributed by atoms with van der Waals surface area (Å²) in [6.07, 6.45) is 4.57. The quantitative estimate of drug-likeness (QED) is 0.800. The molecule has 120 valence electrons. The highest BCUT2D eigenvalue weighted by molar-refractivity contribution is 5.54. The highest BCUT2D eigenvalue weighted by atomic mass is 16.5. The lowest BCUT2D eigenvalue weighted by Crippen LogP contribution is -2.46. The van der Waals surface area contributed by atoms with Crippen molar-refractivity contribution in [2.45, 2.75) is 50.6 Å². The van der Waals surface area contributed by atoms with Crippen molar-refractivity contribution in [3.8, 4) is 0 Å². The van der Waals surface area contributed by atoms with Crippen molar-refractivity contribution in [2.24, 2.45) is 0 Å². The van der Waals surface area contributed by atoms with E-state index in [0.717, 1.165) is 43.1 Å². The van der Waals surface area contributed by atoms with E-state index in [-0.39, 0.29) is 0 Å². The Kier molecular flexibility index (Phi) is 2.83. The molecule has 2 unspecified atom stereocenters. The monoisotopic (exact) mass is 310 g/mol. The second-order valence-corrected chi connectivity index (χ2v) is 7.28. The molecule has 0 amide bonds. The van der Waals surface area contributed by atoms with Crippen LogP contribution in [0.15, 0.2) is 24.3 Å². The topological polar surface area (TPSA) is 42.7 Å². The van der Waals surface area contributed by atoms with Gasteiger partial charge in [0, 0.05) is 23.7 Å². The predicted octanol–water partition coefficient (Wildman–Crippen LogP) is 2.84. The van der Waals surface area contributed by atoms with Crippen LogP contribution in [-0.4, -0.2) is 39.9 Å². The zero-order valence-corrected chi connectivity index (χ0v) is 13.5. The van der Waals surface area contributed by atoms with E-state index in [0.29, 0.717) is 18.0 Å². The summed E-state index contributed by atoms with van der Waals surface area (Å²) < 4.78 is 7.79. The van der Waals surface area contributed by atoms with E-state index in [2.05, 4.69) is 35.1 Å². The minimum absolute atomic E-state index is 0.481. The lowest BCUT2D eigenvalue weighted by atomic mass is 9.79. The van der Waals surface area contributed by atoms with Gasteiger partial charge in [0.05, 0.1) is 31.0 Å². The maximum atomic E-state index is 5.74. The van der Waals surface area contributed by atoms with Crippen LogP contribution in [-0.2, 0) is 4.74 Å². The number of rotatable bonds is 2. The van der Waals surface area contributed by atoms with Crippen LogP contribution in [0.1, 0.15) is 43.0 Å². The third-order valence-corrected chi connectivity index (χ3v) is 5.55. The van der Waals surface area contributed by atoms with E-state index in [1.165, 1.54) is 24.2 Å². The van der Waals surface area contributed by atoms with Crippen LogP contribution in [0.4, 0.5) is 5.82 Å². The van der Waals surface area contributed by atoms with Gasteiger partial charge >= 0.3 is 0 Å². The standard InChI is InChI=1S/C18H22N4O/c1-11-5-13(6-11)16-8-17-19-12(2)7-18(22(17)20-16)21-14-3-4-15(21)10-23-9-14/h7-8,13-15H,1,3-6,9-10H2,2H3. The molecule has 5 heteroatoms. The number of aromatic nitrogens is 3. The number of aryl methyl sites for hydroxylation is 1. The van der Waals surface area contributed by atoms with Crippen molar-refractivity contribution < 1.29 is 4.74 Å². The average molecular weight is 310 g/mol. The number of anilines is 1. The molecule has 2 aliphatic heterocycles. The van der Waals surface area contributed by atoms with Gasteiger partial charge < -0.3 is 9.64 Å². The molecule has 5 nitrogen and oxygen atoms in total. The first kappa shape index (κ1) is 13.5. The van der Waals surface area contributed by atoms with Crippen molar-refractivity contribution in [2.75, 3.05) is 18.1 Å². The fourth-order valence-corrected chi connectivity index (χ4v) is 4.33. The van der Waals surface area contributed by atoms with Crippen LogP contribution < -0.4 is 4.90 Å². The van der Waals surface area contributed by atoms with Gasteiger partial charge in [-0.3, -0.25) is 0 Å². The van der Waals surface area contributed by atoms with Gasteiger partial charge in [-0.25, -0.2) is 4.98 Å². The summed E-state index contributed by atoms with van der Waals surface area (Å²) in [4.78, 5) is 7.23. The molecule has 4 heterocycles. The van der Waals surface area contributed by atoms with Crippen molar-refractivity contribution in [3.05, 3.63) is 35.7 Å². The maximum Gasteiger partial charge on any atom is 0.157 e. The molecule has 0 radical (unpaired) electrons. The van der Waals surface area contributed by atoms with E-state index in [4.69, 9.17) is 14.8 Å². The van der Waals surface area contributed by atoms with Crippen molar-refractivity contribution in [3.63, 3.8) is 0 Å². The predicted molar refractivity (Wildman–Crippen MR) is 88.9 cm³/mol. The molecule has 0 spiro atoms. The molecule has 0 N–H and O–H groups in total. The molecule has 2 aromatic heterocycles. The molecule has 2 aromatic rings. The molecule has 2 atom stereocenters. The second-order valence-electron chi connectivity index (χ2n) is 7.28. The Morgan fingerprint density at radius 3 is 2.61 bits per heavy atom. The Labute approximate surface area is 136 Å². The van der Waals surface area contributed by atoms with Crippen LogP contribution in [0.2, 0.25) is 0 Å². The van der Waals surface area contributed by atoms with E-state index >= 15 is 0 Å². The smallest absolute Gasteiger partial charge is 0.157 e. The van der Waals surface area contributed by atoms with Gasteiger partial charge in [0.15, 0.2) is 5.65 Å². The number of allylic oxidation sites excluding steroid dienone is 1. The SMILES string of the molecule is C=C1CC(c2cc3nc(C)cc(N4C5CCC4COC5)n3n2)C1. The number of nitrogens with zero attached hydrogens (tertiary/aromatic N) is 4. The van der Waals surface area contributed by atoms with Gasteiger partial charge in [-0.15, -0.1) is 0 Å². The van der Waals surface area contributed by atoms with Crippen LogP contribution in [0.5, 0.6) is 0 Å². The lowest BCUT2D eigenvalue weighted by Gasteiger charge is -2.36. The van der Waals surface area contributed by atoms with Crippen LogP contribution in [0, 0.1) is 6.92 Å². The van der Waals surface area contributed by atoms with Crippen LogP contribution in [0.3, 0.4) is 0 Å². The molecule has 1 aliphatic carbocycles. The molecule has 3 aliphatic rings.